The molecule has 3 rings (SSSR count). The molecule has 0 bridgehead atoms. The van der Waals surface area contributed by atoms with E-state index in [9.17, 15) is 13.2 Å². The highest BCUT2D eigenvalue weighted by molar-refractivity contribution is 7.91. The van der Waals surface area contributed by atoms with Gasteiger partial charge in [-0.3, -0.25) is 4.79 Å². The number of hydrogen-bond donors (Lipinski definition) is 2. The molecule has 1 aliphatic rings. The third-order valence-corrected chi connectivity index (χ3v) is 5.17. The molecule has 0 spiro atoms. The molecule has 0 aliphatic carbocycles. The lowest BCUT2D eigenvalue weighted by molar-refractivity contribution is 0.0943. The second-order valence-electron chi connectivity index (χ2n) is 4.82. The number of nitrogens with one attached hydrogen (secondary N) is 2. The molecule has 1 fully saturated rings. The summed E-state index contributed by atoms with van der Waals surface area (Å²) >= 11 is 0. The molecule has 0 unspecified atom stereocenters. The van der Waals surface area contributed by atoms with Crippen LogP contribution in [-0.4, -0.2) is 36.9 Å². The Labute approximate surface area is 110 Å². The van der Waals surface area contributed by atoms with E-state index in [1.165, 1.54) is 0 Å². The smallest absolute Gasteiger partial charge is 0.253 e. The first-order valence-electron chi connectivity index (χ1n) is 6.12. The van der Waals surface area contributed by atoms with Gasteiger partial charge >= 0.3 is 0 Å². The summed E-state index contributed by atoms with van der Waals surface area (Å²) in [7, 11) is -2.97. The van der Waals surface area contributed by atoms with Crippen LogP contribution in [0, 0.1) is 0 Å². The Balaban J connectivity index is 1.81. The van der Waals surface area contributed by atoms with Gasteiger partial charge in [0.15, 0.2) is 9.84 Å². The summed E-state index contributed by atoms with van der Waals surface area (Å²) in [5.41, 5.74) is 1.45. The van der Waals surface area contributed by atoms with E-state index >= 15 is 0 Å². The number of para-hydroxylation sites is 1. The van der Waals surface area contributed by atoms with Crippen LogP contribution < -0.4 is 5.32 Å². The third kappa shape index (κ3) is 2.35. The Morgan fingerprint density at radius 3 is 2.84 bits per heavy atom. The van der Waals surface area contributed by atoms with Gasteiger partial charge in [-0.15, -0.1) is 0 Å². The number of rotatable bonds is 2. The largest absolute Gasteiger partial charge is 0.360 e. The molecule has 1 aromatic heterocycles. The fourth-order valence-corrected chi connectivity index (χ4v) is 4.10. The lowest BCUT2D eigenvalue weighted by Gasteiger charge is -2.09. The molecular weight excluding hydrogens is 264 g/mol. The minimum Gasteiger partial charge on any atom is -0.360 e. The van der Waals surface area contributed by atoms with E-state index in [2.05, 4.69) is 10.3 Å². The Kier molecular flexibility index (Phi) is 2.82. The van der Waals surface area contributed by atoms with Crippen LogP contribution in [0.2, 0.25) is 0 Å². The van der Waals surface area contributed by atoms with Crippen molar-refractivity contribution in [3.63, 3.8) is 0 Å². The average Bonchev–Trinajstić information content (AvgIpc) is 2.92. The predicted octanol–water partition coefficient (Wildman–Crippen LogP) is 1.08. The third-order valence-electron chi connectivity index (χ3n) is 3.40. The van der Waals surface area contributed by atoms with Crippen LogP contribution in [0.4, 0.5) is 0 Å². The van der Waals surface area contributed by atoms with Crippen molar-refractivity contribution in [1.29, 1.82) is 0 Å². The highest BCUT2D eigenvalue weighted by Crippen LogP contribution is 2.18. The number of benzene rings is 1. The normalized spacial score (nSPS) is 21.6. The Bertz CT molecular complexity index is 733. The summed E-state index contributed by atoms with van der Waals surface area (Å²) in [5.74, 6) is -0.0213. The maximum absolute atomic E-state index is 12.2. The first-order chi connectivity index (χ1) is 9.05. The predicted molar refractivity (Wildman–Crippen MR) is 72.8 cm³/mol. The van der Waals surface area contributed by atoms with Crippen LogP contribution in [0.5, 0.6) is 0 Å². The quantitative estimate of drug-likeness (QED) is 0.863. The number of carbonyl (C=O) groups is 1. The van der Waals surface area contributed by atoms with E-state index in [0.717, 1.165) is 10.9 Å². The molecule has 1 aliphatic heterocycles. The Morgan fingerprint density at radius 1 is 1.32 bits per heavy atom. The summed E-state index contributed by atoms with van der Waals surface area (Å²) in [6.07, 6.45) is 2.15. The highest BCUT2D eigenvalue weighted by Gasteiger charge is 2.29. The molecule has 19 heavy (non-hydrogen) atoms. The molecule has 2 aromatic rings. The van der Waals surface area contributed by atoms with E-state index in [1.54, 1.807) is 6.20 Å². The summed E-state index contributed by atoms with van der Waals surface area (Å²) in [6, 6.07) is 7.25. The monoisotopic (exact) mass is 278 g/mol. The van der Waals surface area contributed by atoms with Gasteiger partial charge in [-0.25, -0.2) is 8.42 Å². The van der Waals surface area contributed by atoms with Crippen molar-refractivity contribution in [1.82, 2.24) is 10.3 Å². The fourth-order valence-electron chi connectivity index (χ4n) is 2.43. The van der Waals surface area contributed by atoms with Crippen molar-refractivity contribution in [3.05, 3.63) is 36.0 Å². The summed E-state index contributed by atoms with van der Waals surface area (Å²) in [6.45, 7) is 0. The van der Waals surface area contributed by atoms with Gasteiger partial charge in [0.25, 0.3) is 5.91 Å². The number of sulfone groups is 1. The first kappa shape index (κ1) is 12.2. The molecule has 2 heterocycles. The van der Waals surface area contributed by atoms with Gasteiger partial charge in [0.1, 0.15) is 0 Å². The molecule has 1 saturated heterocycles. The highest BCUT2D eigenvalue weighted by atomic mass is 32.2. The Morgan fingerprint density at radius 2 is 2.11 bits per heavy atom. The van der Waals surface area contributed by atoms with E-state index in [-0.39, 0.29) is 23.5 Å². The molecule has 1 atom stereocenters. The van der Waals surface area contributed by atoms with Gasteiger partial charge in [0.05, 0.1) is 17.1 Å². The second-order valence-corrected chi connectivity index (χ2v) is 7.05. The maximum Gasteiger partial charge on any atom is 0.253 e. The molecule has 2 N–H and O–H groups in total. The zero-order valence-corrected chi connectivity index (χ0v) is 11.0. The molecule has 1 amide bonds. The molecule has 5 nitrogen and oxygen atoms in total. The Hall–Kier alpha value is -1.82. The zero-order chi connectivity index (χ0) is 13.5. The van der Waals surface area contributed by atoms with Crippen molar-refractivity contribution in [2.45, 2.75) is 12.5 Å². The molecule has 1 aromatic carbocycles. The molecular formula is C13H14N2O3S. The minimum absolute atomic E-state index is 0.0428. The lowest BCUT2D eigenvalue weighted by atomic mass is 10.1. The van der Waals surface area contributed by atoms with Crippen molar-refractivity contribution < 1.29 is 13.2 Å². The van der Waals surface area contributed by atoms with Crippen molar-refractivity contribution in [2.75, 3.05) is 11.5 Å². The van der Waals surface area contributed by atoms with Gasteiger partial charge in [0.2, 0.25) is 0 Å². The number of amides is 1. The lowest BCUT2D eigenvalue weighted by Crippen LogP contribution is -2.35. The van der Waals surface area contributed by atoms with E-state index in [0.29, 0.717) is 12.0 Å². The topological polar surface area (TPSA) is 79.0 Å². The van der Waals surface area contributed by atoms with Gasteiger partial charge < -0.3 is 10.3 Å². The summed E-state index contributed by atoms with van der Waals surface area (Å²) in [5, 5.41) is 3.64. The maximum atomic E-state index is 12.2. The number of aromatic amines is 1. The molecule has 100 valence electrons. The summed E-state index contributed by atoms with van der Waals surface area (Å²) < 4.78 is 22.7. The minimum atomic E-state index is -2.97. The summed E-state index contributed by atoms with van der Waals surface area (Å²) in [4.78, 5) is 15.2. The van der Waals surface area contributed by atoms with Crippen LogP contribution >= 0.6 is 0 Å². The van der Waals surface area contributed by atoms with E-state index < -0.39 is 9.84 Å². The van der Waals surface area contributed by atoms with Crippen molar-refractivity contribution in [2.24, 2.45) is 0 Å². The van der Waals surface area contributed by atoms with Crippen LogP contribution in [-0.2, 0) is 9.84 Å². The van der Waals surface area contributed by atoms with Gasteiger partial charge in [-0.2, -0.15) is 0 Å². The zero-order valence-electron chi connectivity index (χ0n) is 10.2. The van der Waals surface area contributed by atoms with Gasteiger partial charge in [0, 0.05) is 23.1 Å². The fraction of sp³-hybridized carbons (Fsp3) is 0.308. The van der Waals surface area contributed by atoms with Crippen LogP contribution in [0.1, 0.15) is 16.8 Å². The number of H-pyrrole nitrogens is 1. The van der Waals surface area contributed by atoms with Gasteiger partial charge in [-0.05, 0) is 12.5 Å². The molecule has 0 saturated carbocycles. The van der Waals surface area contributed by atoms with Crippen LogP contribution in [0.3, 0.4) is 0 Å². The molecule has 0 radical (unpaired) electrons. The van der Waals surface area contributed by atoms with Crippen LogP contribution in [0.15, 0.2) is 30.5 Å². The number of carbonyl (C=O) groups excluding carboxylic acids is 1. The molecule has 6 heteroatoms. The number of hydrogen-bond acceptors (Lipinski definition) is 3. The van der Waals surface area contributed by atoms with Gasteiger partial charge in [-0.1, -0.05) is 18.2 Å². The number of aromatic nitrogens is 1. The van der Waals surface area contributed by atoms with E-state index in [1.807, 2.05) is 24.3 Å². The standard InChI is InChI=1S/C13H14N2O3S/c16-13(15-9-5-6-19(17,18)8-9)11-7-14-12-4-2-1-3-10(11)12/h1-4,7,9,14H,5-6,8H2,(H,15,16)/t9-/m1/s1. The number of fused-ring (bicyclic) bond motifs is 1. The van der Waals surface area contributed by atoms with E-state index in [4.69, 9.17) is 0 Å². The average molecular weight is 278 g/mol. The van der Waals surface area contributed by atoms with Crippen molar-refractivity contribution >= 4 is 26.6 Å². The van der Waals surface area contributed by atoms with Crippen molar-refractivity contribution in [3.8, 4) is 0 Å². The first-order valence-corrected chi connectivity index (χ1v) is 7.95. The van der Waals surface area contributed by atoms with Crippen LogP contribution in [0.25, 0.3) is 10.9 Å². The SMILES string of the molecule is O=C(N[C@@H]1CCS(=O)(=O)C1)c1c[nH]c2ccccc12. The second kappa shape index (κ2) is 4.38.